The number of hydrogen-bond donors (Lipinski definition) is 4. The summed E-state index contributed by atoms with van der Waals surface area (Å²) in [6, 6.07) is 12.5. The summed E-state index contributed by atoms with van der Waals surface area (Å²) in [5, 5.41) is 15.8. The fourth-order valence-corrected chi connectivity index (χ4v) is 8.00. The second-order valence-electron chi connectivity index (χ2n) is 12.2. The number of rotatable bonds is 11. The zero-order chi connectivity index (χ0) is 44.1. The number of nitrogens with zero attached hydrogens (tertiary/aromatic N) is 4. The number of nitrogens with two attached hydrogens (primary N) is 2. The number of fused-ring (bicyclic) bond motifs is 2. The van der Waals surface area contributed by atoms with Crippen LogP contribution in [0.25, 0.3) is 12.2 Å². The number of methoxy groups -OCH3 is 1. The topological polar surface area (TPSA) is 398 Å². The Kier molecular flexibility index (Phi) is 19.7. The second kappa shape index (κ2) is 21.9. The molecule has 0 bridgehead atoms. The van der Waals surface area contributed by atoms with Crippen LogP contribution in [0.3, 0.4) is 0 Å². The van der Waals surface area contributed by atoms with Gasteiger partial charge in [-0.15, -0.1) is 0 Å². The normalized spacial score (nSPS) is 15.0. The van der Waals surface area contributed by atoms with E-state index in [-0.39, 0.29) is 147 Å². The molecule has 6 N–H and O–H groups in total. The Morgan fingerprint density at radius 3 is 1.36 bits per heavy atom. The first-order chi connectivity index (χ1) is 27.9. The van der Waals surface area contributed by atoms with Gasteiger partial charge >= 0.3 is 118 Å². The number of azo groups is 1. The average Bonchev–Trinajstić information content (AvgIpc) is 3.14. The number of hydrazone groups is 2. The molecule has 23 nitrogen and oxygen atoms in total. The van der Waals surface area contributed by atoms with Crippen LogP contribution in [-0.4, -0.2) is 82.0 Å². The van der Waals surface area contributed by atoms with Gasteiger partial charge in [0.25, 0.3) is 0 Å². The third-order valence-electron chi connectivity index (χ3n) is 8.30. The van der Waals surface area contributed by atoms with E-state index in [0.29, 0.717) is 36.4 Å². The molecule has 2 aliphatic carbocycles. The van der Waals surface area contributed by atoms with E-state index in [2.05, 4.69) is 31.3 Å². The van der Waals surface area contributed by atoms with Crippen molar-refractivity contribution in [2.45, 2.75) is 9.79 Å². The van der Waals surface area contributed by atoms with E-state index in [1.165, 1.54) is 49.6 Å². The maximum Gasteiger partial charge on any atom is 1.00 e. The number of anilines is 4. The standard InChI is InChI=1S/C33H26N8O15S4.4Na/c1-56-25-12-19(6-7-24(25)39-41-31-27(60(53,54)55)11-16-9-21(58(47,48)49)14-23(35)29(16)33(31)43)38-36-17-2-4-18(5-3-17)37-40-30-26(59(50,51)52)10-15-8-20(57(44,45)46)13-22(34)28(15)32(30)42;;;;/h2-14,37,39H,34-35H2,1H3,(H,44,45,46)(H,47,48,49)(H,50,51,52)(H,53,54,55);;;;/q;4*+1/p-4. The van der Waals surface area contributed by atoms with Gasteiger partial charge in [-0.3, -0.25) is 20.4 Å². The first kappa shape index (κ1) is 57.4. The molecule has 31 heteroatoms. The quantitative estimate of drug-likeness (QED) is 0.0356. The van der Waals surface area contributed by atoms with Gasteiger partial charge in [-0.1, -0.05) is 0 Å². The Bertz CT molecular complexity index is 3200. The van der Waals surface area contributed by atoms with Crippen LogP contribution in [0.2, 0.25) is 0 Å². The van der Waals surface area contributed by atoms with Crippen LogP contribution < -0.4 is 145 Å². The van der Waals surface area contributed by atoms with Crippen molar-refractivity contribution in [2.75, 3.05) is 29.4 Å². The van der Waals surface area contributed by atoms with Crippen molar-refractivity contribution in [1.82, 2.24) is 0 Å². The summed E-state index contributed by atoms with van der Waals surface area (Å²) in [7, 11) is -19.7. The van der Waals surface area contributed by atoms with Gasteiger partial charge < -0.3 is 34.4 Å². The maximum atomic E-state index is 13.3. The van der Waals surface area contributed by atoms with Crippen LogP contribution in [0, 0.1) is 0 Å². The molecule has 0 amide bonds. The Labute approximate surface area is 452 Å². The van der Waals surface area contributed by atoms with E-state index in [9.17, 15) is 61.5 Å². The van der Waals surface area contributed by atoms with Crippen LogP contribution in [0.15, 0.2) is 107 Å². The fourth-order valence-electron chi connectivity index (χ4n) is 5.62. The number of benzene rings is 4. The molecule has 312 valence electrons. The number of carbonyl (C=O) groups is 2. The fraction of sp³-hybridized carbons (Fsp3) is 0.0303. The molecule has 4 aromatic carbocycles. The van der Waals surface area contributed by atoms with E-state index in [1.807, 2.05) is 0 Å². The van der Waals surface area contributed by atoms with Gasteiger partial charge in [0.05, 0.1) is 60.6 Å². The summed E-state index contributed by atoms with van der Waals surface area (Å²) in [6.07, 6.45) is 1.34. The molecule has 0 unspecified atom stereocenters. The molecule has 0 saturated heterocycles. The zero-order valence-corrected chi connectivity index (χ0v) is 45.0. The van der Waals surface area contributed by atoms with Crippen LogP contribution in [0.1, 0.15) is 31.8 Å². The molecule has 64 heavy (non-hydrogen) atoms. The number of nitrogen functional groups attached to an aromatic ring is 2. The number of allylic oxidation sites excluding steroid dienone is 2. The smallest absolute Gasteiger partial charge is 0.744 e. The van der Waals surface area contributed by atoms with Gasteiger partial charge in [0.2, 0.25) is 11.6 Å². The zero-order valence-electron chi connectivity index (χ0n) is 33.7. The molecular formula is C33H22N8Na4O15S4. The summed E-state index contributed by atoms with van der Waals surface area (Å²) >= 11 is 0. The third kappa shape index (κ3) is 12.8. The van der Waals surface area contributed by atoms with Crippen molar-refractivity contribution in [1.29, 1.82) is 0 Å². The van der Waals surface area contributed by atoms with Crippen LogP contribution in [0.4, 0.5) is 34.1 Å². The van der Waals surface area contributed by atoms with Crippen LogP contribution >= 0.6 is 0 Å². The van der Waals surface area contributed by atoms with E-state index in [0.717, 1.165) is 0 Å². The van der Waals surface area contributed by atoms with Gasteiger partial charge in [0.1, 0.15) is 57.6 Å². The SMILES string of the molecule is COc1cc(N=Nc2ccc(NN=C3C(=O)c4c(N)cc(S(=O)(=O)[O-])cc4C=C3S(=O)(=O)[O-])cc2)ccc1NN=C1C(=O)c2c(N)cc(S(=O)(=O)[O-])cc2C=C1S(=O)(=O)[O-].[Na+].[Na+].[Na+].[Na+]. The Balaban J connectivity index is 0.00000352. The predicted molar refractivity (Wildman–Crippen MR) is 207 cm³/mol. The van der Waals surface area contributed by atoms with Gasteiger partial charge in [-0.2, -0.15) is 20.4 Å². The maximum absolute atomic E-state index is 13.3. The molecule has 0 atom stereocenters. The van der Waals surface area contributed by atoms with E-state index < -0.39 is 117 Å². The molecule has 6 rings (SSSR count). The first-order valence-corrected chi connectivity index (χ1v) is 21.6. The molecule has 0 fully saturated rings. The van der Waals surface area contributed by atoms with Gasteiger partial charge in [-0.05, 0) is 83.9 Å². The number of ether oxygens (including phenoxy) is 1. The number of hydrogen-bond acceptors (Lipinski definition) is 23. The largest absolute Gasteiger partial charge is 1.00 e. The van der Waals surface area contributed by atoms with E-state index >= 15 is 0 Å². The summed E-state index contributed by atoms with van der Waals surface area (Å²) in [5.74, 6) is -2.29. The number of Topliss-reactive ketones (excluding diaryl/α,β-unsaturated/α-hetero) is 2. The van der Waals surface area contributed by atoms with Crippen LogP contribution in [0.5, 0.6) is 5.75 Å². The monoisotopic (exact) mass is 990 g/mol. The molecule has 2 aliphatic rings. The summed E-state index contributed by atoms with van der Waals surface area (Å²) in [4.78, 5) is 22.6. The molecule has 0 aliphatic heterocycles. The number of ketones is 2. The third-order valence-corrected chi connectivity index (χ3v) is 11.6. The van der Waals surface area contributed by atoms with Gasteiger partial charge in [-0.25, -0.2) is 33.7 Å². The Morgan fingerprint density at radius 1 is 0.547 bits per heavy atom. The number of carbonyl (C=O) groups excluding carboxylic acids is 2. The molecule has 0 aromatic heterocycles. The molecular weight excluding hydrogens is 969 g/mol. The second-order valence-corrected chi connectivity index (χ2v) is 17.7. The summed E-state index contributed by atoms with van der Waals surface area (Å²) in [6.45, 7) is 0. The molecule has 0 spiro atoms. The average molecular weight is 991 g/mol. The Hall–Kier alpha value is -2.72. The minimum Gasteiger partial charge on any atom is -0.744 e. The van der Waals surface area contributed by atoms with Crippen molar-refractivity contribution in [3.63, 3.8) is 0 Å². The molecule has 4 aromatic rings. The van der Waals surface area contributed by atoms with E-state index in [1.54, 1.807) is 0 Å². The van der Waals surface area contributed by atoms with Crippen molar-refractivity contribution < 1.29 is 184 Å². The van der Waals surface area contributed by atoms with Crippen molar-refractivity contribution >= 4 is 110 Å². The first-order valence-electron chi connectivity index (χ1n) is 16.0. The minimum atomic E-state index is -5.40. The molecule has 0 radical (unpaired) electrons. The molecule has 0 saturated carbocycles. The number of nitrogens with one attached hydrogen (secondary N) is 2. The van der Waals surface area contributed by atoms with Crippen LogP contribution in [-0.2, 0) is 40.5 Å². The predicted octanol–water partition coefficient (Wildman–Crippen LogP) is -9.80. The van der Waals surface area contributed by atoms with Gasteiger partial charge in [0.15, 0.2) is 0 Å². The minimum absolute atomic E-state index is 0. The van der Waals surface area contributed by atoms with E-state index in [4.69, 9.17) is 16.2 Å². The van der Waals surface area contributed by atoms with Gasteiger partial charge in [0, 0.05) is 17.4 Å². The summed E-state index contributed by atoms with van der Waals surface area (Å²) in [5.41, 5.74) is 12.8. The van der Waals surface area contributed by atoms with Crippen molar-refractivity contribution in [3.05, 3.63) is 98.8 Å². The van der Waals surface area contributed by atoms with Crippen molar-refractivity contribution in [2.24, 2.45) is 20.4 Å². The Morgan fingerprint density at radius 2 is 0.953 bits per heavy atom. The molecule has 0 heterocycles. The van der Waals surface area contributed by atoms with Crippen molar-refractivity contribution in [3.8, 4) is 5.75 Å². The summed E-state index contributed by atoms with van der Waals surface area (Å²) < 4.78 is 147.